The molecule has 466 valence electrons. The molecule has 20 heteroatoms. The average molecular weight is 1270 g/mol. The van der Waals surface area contributed by atoms with Crippen LogP contribution in [0.3, 0.4) is 0 Å². The molecule has 3 N–H and O–H groups in total. The van der Waals surface area contributed by atoms with Gasteiger partial charge in [-0.1, -0.05) is 55.6 Å². The molecular weight excluding hydrogens is 1180 g/mol. The fraction of sp³-hybridized carbons (Fsp3) is 0.582. The van der Waals surface area contributed by atoms with E-state index in [0.717, 1.165) is 73.6 Å². The van der Waals surface area contributed by atoms with Crippen LogP contribution in [0, 0.1) is 58.2 Å². The van der Waals surface area contributed by atoms with Crippen LogP contribution in [-0.4, -0.2) is 88.2 Å². The minimum atomic E-state index is -4.30. The van der Waals surface area contributed by atoms with Gasteiger partial charge >= 0.3 is 0 Å². The third-order valence-corrected chi connectivity index (χ3v) is 25.7. The van der Waals surface area contributed by atoms with E-state index in [1.807, 2.05) is 44.2 Å². The highest BCUT2D eigenvalue weighted by molar-refractivity contribution is 7.91. The van der Waals surface area contributed by atoms with E-state index in [4.69, 9.17) is 37.4 Å². The lowest BCUT2D eigenvalue weighted by atomic mass is 9.62. The minimum absolute atomic E-state index is 0.0198. The maximum Gasteiger partial charge on any atom is 0.264 e. The summed E-state index contributed by atoms with van der Waals surface area (Å²) in [7, 11) is -8.51. The first-order valence-electron chi connectivity index (χ1n) is 31.5. The van der Waals surface area contributed by atoms with Crippen molar-refractivity contribution in [3.05, 3.63) is 110 Å². The molecule has 4 aliphatic heterocycles. The quantitative estimate of drug-likeness (QED) is 0.173. The lowest BCUT2D eigenvalue weighted by Crippen LogP contribution is -2.54. The van der Waals surface area contributed by atoms with Gasteiger partial charge in [-0.2, -0.15) is 10.5 Å². The van der Waals surface area contributed by atoms with Crippen LogP contribution < -0.4 is 33.5 Å². The van der Waals surface area contributed by atoms with Crippen LogP contribution in [0.1, 0.15) is 173 Å². The number of benzene rings is 4. The molecule has 7 aliphatic rings. The third-order valence-electron chi connectivity index (χ3n) is 21.4. The number of fused-ring (bicyclic) bond motifs is 7. The Bertz CT molecular complexity index is 3610. The van der Waals surface area contributed by atoms with E-state index in [1.54, 1.807) is 44.2 Å². The molecule has 3 aliphatic carbocycles. The molecule has 2 fully saturated rings. The summed E-state index contributed by atoms with van der Waals surface area (Å²) in [6.45, 7) is 9.19. The number of sulfonamides is 2. The van der Waals surface area contributed by atoms with E-state index in [9.17, 15) is 37.3 Å². The minimum Gasteiger partial charge on any atom is -0.487 e. The Labute approximate surface area is 523 Å². The number of carbonyl (C=O) groups excluding carboxylic acids is 2. The van der Waals surface area contributed by atoms with Crippen LogP contribution in [0.4, 0.5) is 11.4 Å². The predicted octanol–water partition coefficient (Wildman–Crippen LogP) is 12.2. The van der Waals surface area contributed by atoms with Gasteiger partial charge in [0.05, 0.1) is 59.1 Å². The SMILES string of the molecule is C[C@@H]1[C@@H](C)CCC[C@](O)(CC#N)[C@@H]2CC[C@H]2CN2C[C@@]3(CCCc4cc(Cl)ccc43)COc3c(O[C@]4(CC#N)CCC[C@H](C)[C@@H](C)S(=O)(=O)NC(=O)c5ccc6c(c5)N(CCCCc5cc(Cl)ccc5CO6)C[C@@H]5CC[C@H]54)cc(cc32)C(=O)NS1(=O)=O. The summed E-state index contributed by atoms with van der Waals surface area (Å²) in [5.41, 5.74) is 2.41. The topological polar surface area (TPSA) is 228 Å². The van der Waals surface area contributed by atoms with Crippen LogP contribution in [-0.2, 0) is 44.9 Å². The van der Waals surface area contributed by atoms with E-state index >= 15 is 4.79 Å². The molecule has 4 aromatic carbocycles. The Hall–Kier alpha value is -5.76. The molecule has 0 unspecified atom stereocenters. The zero-order chi connectivity index (χ0) is 61.6. The summed E-state index contributed by atoms with van der Waals surface area (Å²) in [5.74, 6) is -2.05. The van der Waals surface area contributed by atoms with Crippen molar-refractivity contribution in [2.45, 2.75) is 177 Å². The summed E-state index contributed by atoms with van der Waals surface area (Å²) >= 11 is 13.2. The summed E-state index contributed by atoms with van der Waals surface area (Å²) in [6.07, 6.45) is 9.91. The van der Waals surface area contributed by atoms with Crippen molar-refractivity contribution in [1.29, 1.82) is 10.5 Å². The molecule has 1 spiro atoms. The molecule has 4 aromatic rings. The number of amides is 2. The summed E-state index contributed by atoms with van der Waals surface area (Å²) in [6, 6.07) is 25.0. The van der Waals surface area contributed by atoms with E-state index in [1.165, 1.54) is 0 Å². The Morgan fingerprint density at radius 2 is 1.29 bits per heavy atom. The first kappa shape index (κ1) is 62.8. The number of ether oxygens (including phenoxy) is 3. The maximum atomic E-state index is 15.1. The second-order valence-corrected chi connectivity index (χ2v) is 31.6. The molecule has 4 heterocycles. The van der Waals surface area contributed by atoms with E-state index < -0.39 is 70.8 Å². The molecular formula is C67H82Cl2N6O10S2. The predicted molar refractivity (Wildman–Crippen MR) is 337 cm³/mol. The van der Waals surface area contributed by atoms with Gasteiger partial charge in [0.25, 0.3) is 11.8 Å². The Balaban J connectivity index is 1.06. The molecule has 11 rings (SSSR count). The van der Waals surface area contributed by atoms with Crippen molar-refractivity contribution < 1.29 is 45.7 Å². The molecule has 2 saturated carbocycles. The molecule has 16 nitrogen and oxygen atoms in total. The van der Waals surface area contributed by atoms with Gasteiger partial charge in [0.15, 0.2) is 11.5 Å². The van der Waals surface area contributed by atoms with Gasteiger partial charge < -0.3 is 29.1 Å². The van der Waals surface area contributed by atoms with E-state index in [-0.39, 0.29) is 66.6 Å². The zero-order valence-corrected chi connectivity index (χ0v) is 53.6. The standard InChI is InChI=1S/C67H82Cl2N6O10S2/c1-42-10-7-25-66(78,27-29-70)56-20-15-49(56)38-75-40-65(24-9-13-47-33-54(69)19-22-55(47)65)41-84-62-59(75)35-52(64(77)73-87(81,82)44(42)3)36-61(62)85-67(28-30-71)26-8-11-43(2)45(4)86(79,80)72-63(76)48-17-23-60-58(34-48)74(37-50-16-21-57(50)67)31-6-5-12-46-32-53(68)18-14-51(46)39-83-60/h14,17-19,22-23,32-36,42-45,49-50,56-57,78H,5-13,15-16,20-21,24-28,31,37-41H2,1-4H3,(H,72,76)(H,73,77)/t42-,43-,44+,45+,49-,50-,56+,57+,65-,66-,67-/m0/s1. The van der Waals surface area contributed by atoms with Crippen LogP contribution in [0.2, 0.25) is 10.0 Å². The van der Waals surface area contributed by atoms with Gasteiger partial charge in [-0.25, -0.2) is 26.3 Å². The molecule has 11 atom stereocenters. The number of hydrogen-bond donors (Lipinski definition) is 3. The number of hydrogen-bond acceptors (Lipinski definition) is 14. The summed E-state index contributed by atoms with van der Waals surface area (Å²) < 4.78 is 83.9. The van der Waals surface area contributed by atoms with Crippen LogP contribution in [0.5, 0.6) is 17.2 Å². The van der Waals surface area contributed by atoms with Crippen molar-refractivity contribution in [2.75, 3.05) is 42.6 Å². The number of aliphatic hydroxyl groups is 1. The monoisotopic (exact) mass is 1260 g/mol. The van der Waals surface area contributed by atoms with Gasteiger partial charge in [-0.05, 0) is 217 Å². The number of nitriles is 2. The Kier molecular flexibility index (Phi) is 18.2. The second kappa shape index (κ2) is 25.3. The van der Waals surface area contributed by atoms with Crippen molar-refractivity contribution >= 4 is 66.4 Å². The fourth-order valence-corrected chi connectivity index (χ4v) is 18.6. The number of anilines is 2. The smallest absolute Gasteiger partial charge is 0.264 e. The van der Waals surface area contributed by atoms with Crippen LogP contribution >= 0.6 is 23.2 Å². The Morgan fingerprint density at radius 3 is 1.98 bits per heavy atom. The molecule has 0 saturated heterocycles. The number of nitrogens with zero attached hydrogens (tertiary/aromatic N) is 4. The molecule has 0 aromatic heterocycles. The van der Waals surface area contributed by atoms with Gasteiger partial charge in [-0.15, -0.1) is 0 Å². The summed E-state index contributed by atoms with van der Waals surface area (Å²) in [5, 5.41) is 33.4. The maximum absolute atomic E-state index is 15.1. The second-order valence-electron chi connectivity index (χ2n) is 26.6. The van der Waals surface area contributed by atoms with Gasteiger partial charge in [0.1, 0.15) is 18.0 Å². The molecule has 2 amide bonds. The third kappa shape index (κ3) is 12.8. The van der Waals surface area contributed by atoms with Crippen molar-refractivity contribution in [3.63, 3.8) is 0 Å². The number of nitrogens with one attached hydrogen (secondary N) is 2. The first-order chi connectivity index (χ1) is 41.5. The molecule has 0 radical (unpaired) electrons. The van der Waals surface area contributed by atoms with Gasteiger partial charge in [0.2, 0.25) is 20.0 Å². The van der Waals surface area contributed by atoms with E-state index in [2.05, 4.69) is 37.4 Å². The molecule has 87 heavy (non-hydrogen) atoms. The largest absolute Gasteiger partial charge is 0.487 e. The van der Waals surface area contributed by atoms with Crippen molar-refractivity contribution in [1.82, 2.24) is 9.44 Å². The number of rotatable bonds is 4. The lowest BCUT2D eigenvalue weighted by Gasteiger charge is -2.51. The normalized spacial score (nSPS) is 31.8. The first-order valence-corrected chi connectivity index (χ1v) is 35.3. The van der Waals surface area contributed by atoms with Crippen molar-refractivity contribution in [3.8, 4) is 29.4 Å². The number of halogens is 2. The number of carbonyl (C=O) groups is 2. The van der Waals surface area contributed by atoms with E-state index in [0.29, 0.717) is 110 Å². The Morgan fingerprint density at radius 1 is 0.655 bits per heavy atom. The highest BCUT2D eigenvalue weighted by Crippen LogP contribution is 2.55. The highest BCUT2D eigenvalue weighted by Gasteiger charge is 2.53. The van der Waals surface area contributed by atoms with Crippen LogP contribution in [0.15, 0.2) is 66.7 Å². The van der Waals surface area contributed by atoms with Crippen molar-refractivity contribution in [2.24, 2.45) is 35.5 Å². The lowest BCUT2D eigenvalue weighted by molar-refractivity contribution is -0.0851. The highest BCUT2D eigenvalue weighted by atomic mass is 35.5. The van der Waals surface area contributed by atoms with Gasteiger partial charge in [-0.3, -0.25) is 9.59 Å². The average Bonchev–Trinajstić information content (AvgIpc) is 1.79. The number of aryl methyl sites for hydroxylation is 2. The summed E-state index contributed by atoms with van der Waals surface area (Å²) in [4.78, 5) is 33.6. The van der Waals surface area contributed by atoms with Gasteiger partial charge in [0, 0.05) is 58.7 Å². The fourth-order valence-electron chi connectivity index (χ4n) is 15.6. The van der Waals surface area contributed by atoms with Crippen LogP contribution in [0.25, 0.3) is 0 Å². The zero-order valence-electron chi connectivity index (χ0n) is 50.4. The molecule has 4 bridgehead atoms.